The average Bonchev–Trinajstić information content (AvgIpc) is 2.50. The number of para-hydroxylation sites is 1. The molecule has 0 spiro atoms. The monoisotopic (exact) mass is 309 g/mol. The molecule has 118 valence electrons. The maximum Gasteiger partial charge on any atom is 0.129 e. The van der Waals surface area contributed by atoms with Gasteiger partial charge < -0.3 is 20.3 Å². The molecule has 0 saturated heterocycles. The molecular formula is C16H17F2NO3. The van der Waals surface area contributed by atoms with Crippen molar-refractivity contribution in [1.82, 2.24) is 0 Å². The Bertz CT molecular complexity index is 575. The second-order valence-corrected chi connectivity index (χ2v) is 4.77. The normalized spacial score (nSPS) is 13.5. The van der Waals surface area contributed by atoms with Crippen LogP contribution in [0.3, 0.4) is 0 Å². The highest BCUT2D eigenvalue weighted by atomic mass is 19.1. The summed E-state index contributed by atoms with van der Waals surface area (Å²) in [7, 11) is 0. The van der Waals surface area contributed by atoms with E-state index in [1.54, 1.807) is 12.1 Å². The molecule has 4 nitrogen and oxygen atoms in total. The fourth-order valence-electron chi connectivity index (χ4n) is 1.74. The number of aliphatic hydroxyl groups excluding tert-OH is 1. The average molecular weight is 309 g/mol. The summed E-state index contributed by atoms with van der Waals surface area (Å²) in [5.74, 6) is -0.848. The van der Waals surface area contributed by atoms with E-state index in [1.807, 2.05) is 18.2 Å². The van der Waals surface area contributed by atoms with Crippen molar-refractivity contribution in [3.8, 4) is 11.5 Å². The summed E-state index contributed by atoms with van der Waals surface area (Å²) in [5.41, 5.74) is 5.76. The lowest BCUT2D eigenvalue weighted by Gasteiger charge is -2.19. The number of aliphatic hydroxyl groups is 1. The zero-order valence-corrected chi connectivity index (χ0v) is 11.8. The summed E-state index contributed by atoms with van der Waals surface area (Å²) < 4.78 is 36.6. The molecule has 0 aliphatic rings. The van der Waals surface area contributed by atoms with Crippen molar-refractivity contribution in [2.45, 2.75) is 12.1 Å². The van der Waals surface area contributed by atoms with Gasteiger partial charge >= 0.3 is 0 Å². The van der Waals surface area contributed by atoms with Crippen molar-refractivity contribution in [1.29, 1.82) is 0 Å². The molecule has 2 aromatic rings. The summed E-state index contributed by atoms with van der Waals surface area (Å²) in [4.78, 5) is 0. The van der Waals surface area contributed by atoms with Crippen molar-refractivity contribution in [2.75, 3.05) is 13.2 Å². The molecule has 0 saturated carbocycles. The summed E-state index contributed by atoms with van der Waals surface area (Å²) in [5, 5.41) is 9.89. The minimum atomic E-state index is -0.974. The molecule has 2 atom stereocenters. The Morgan fingerprint density at radius 1 is 0.909 bits per heavy atom. The third-order valence-electron chi connectivity index (χ3n) is 2.94. The summed E-state index contributed by atoms with van der Waals surface area (Å²) in [6.07, 6.45) is -0.974. The molecule has 22 heavy (non-hydrogen) atoms. The Morgan fingerprint density at radius 2 is 1.50 bits per heavy atom. The highest BCUT2D eigenvalue weighted by molar-refractivity contribution is 5.24. The van der Waals surface area contributed by atoms with E-state index in [9.17, 15) is 13.9 Å². The highest BCUT2D eigenvalue weighted by Crippen LogP contribution is 2.15. The Kier molecular flexibility index (Phi) is 5.68. The first-order valence-corrected chi connectivity index (χ1v) is 6.75. The molecule has 6 heteroatoms. The number of hydrogen-bond acceptors (Lipinski definition) is 4. The van der Waals surface area contributed by atoms with E-state index in [4.69, 9.17) is 15.2 Å². The molecule has 2 rings (SSSR count). The van der Waals surface area contributed by atoms with Gasteiger partial charge in [-0.25, -0.2) is 8.78 Å². The number of nitrogens with two attached hydrogens (primary N) is 1. The second kappa shape index (κ2) is 7.72. The largest absolute Gasteiger partial charge is 0.492 e. The van der Waals surface area contributed by atoms with Gasteiger partial charge in [0.15, 0.2) is 0 Å². The van der Waals surface area contributed by atoms with Crippen molar-refractivity contribution in [2.24, 2.45) is 5.73 Å². The first-order chi connectivity index (χ1) is 10.5. The smallest absolute Gasteiger partial charge is 0.129 e. The van der Waals surface area contributed by atoms with Crippen LogP contribution in [0.2, 0.25) is 0 Å². The Hall–Kier alpha value is -2.18. The van der Waals surface area contributed by atoms with E-state index >= 15 is 0 Å². The van der Waals surface area contributed by atoms with E-state index in [-0.39, 0.29) is 19.0 Å². The van der Waals surface area contributed by atoms with Crippen LogP contribution >= 0.6 is 0 Å². The maximum atomic E-state index is 13.0. The van der Waals surface area contributed by atoms with Crippen LogP contribution in [0.4, 0.5) is 8.78 Å². The van der Waals surface area contributed by atoms with Gasteiger partial charge in [-0.2, -0.15) is 0 Å². The molecular weight excluding hydrogens is 292 g/mol. The summed E-state index contributed by atoms with van der Waals surface area (Å²) in [6, 6.07) is 11.1. The van der Waals surface area contributed by atoms with Gasteiger partial charge in [0.05, 0.1) is 6.04 Å². The molecule has 0 radical (unpaired) electrons. The van der Waals surface area contributed by atoms with Crippen LogP contribution in [0.1, 0.15) is 0 Å². The lowest BCUT2D eigenvalue weighted by molar-refractivity contribution is 0.0681. The van der Waals surface area contributed by atoms with Crippen LogP contribution in [0, 0.1) is 11.6 Å². The van der Waals surface area contributed by atoms with E-state index in [0.29, 0.717) is 5.75 Å². The predicted octanol–water partition coefficient (Wildman–Crippen LogP) is 2.11. The number of rotatable bonds is 7. The molecule has 2 aromatic carbocycles. The van der Waals surface area contributed by atoms with E-state index in [2.05, 4.69) is 0 Å². The van der Waals surface area contributed by atoms with Crippen LogP contribution in [-0.2, 0) is 0 Å². The summed E-state index contributed by atoms with van der Waals surface area (Å²) in [6.45, 7) is -0.103. The van der Waals surface area contributed by atoms with Gasteiger partial charge in [0.2, 0.25) is 0 Å². The van der Waals surface area contributed by atoms with Gasteiger partial charge in [-0.3, -0.25) is 0 Å². The zero-order valence-electron chi connectivity index (χ0n) is 11.8. The van der Waals surface area contributed by atoms with Crippen LogP contribution in [-0.4, -0.2) is 30.5 Å². The Morgan fingerprint density at radius 3 is 2.14 bits per heavy atom. The predicted molar refractivity (Wildman–Crippen MR) is 77.8 cm³/mol. The van der Waals surface area contributed by atoms with Crippen molar-refractivity contribution in [3.05, 3.63) is 60.2 Å². The maximum absolute atomic E-state index is 13.0. The van der Waals surface area contributed by atoms with Gasteiger partial charge in [0, 0.05) is 18.2 Å². The van der Waals surface area contributed by atoms with Crippen LogP contribution < -0.4 is 15.2 Å². The quantitative estimate of drug-likeness (QED) is 0.822. The van der Waals surface area contributed by atoms with Crippen molar-refractivity contribution < 1.29 is 23.4 Å². The van der Waals surface area contributed by atoms with Gasteiger partial charge in [-0.15, -0.1) is 0 Å². The lowest BCUT2D eigenvalue weighted by atomic mass is 10.2. The van der Waals surface area contributed by atoms with E-state index < -0.39 is 23.8 Å². The molecule has 2 unspecified atom stereocenters. The highest BCUT2D eigenvalue weighted by Gasteiger charge is 2.17. The van der Waals surface area contributed by atoms with Crippen molar-refractivity contribution in [3.63, 3.8) is 0 Å². The molecule has 0 aliphatic heterocycles. The standard InChI is InChI=1S/C16H17F2NO3/c17-11-6-12(18)8-14(7-11)21-9-15(19)16(20)10-22-13-4-2-1-3-5-13/h1-8,15-16,20H,9-10,19H2. The minimum Gasteiger partial charge on any atom is -0.492 e. The van der Waals surface area contributed by atoms with Crippen LogP contribution in [0.15, 0.2) is 48.5 Å². The van der Waals surface area contributed by atoms with Crippen LogP contribution in [0.5, 0.6) is 11.5 Å². The SMILES string of the molecule is NC(COc1cc(F)cc(F)c1)C(O)COc1ccccc1. The van der Waals surface area contributed by atoms with Gasteiger partial charge in [-0.1, -0.05) is 18.2 Å². The molecule has 3 N–H and O–H groups in total. The minimum absolute atomic E-state index is 0.00789. The molecule has 0 heterocycles. The Labute approximate surface area is 127 Å². The molecule has 0 fully saturated rings. The van der Waals surface area contributed by atoms with Gasteiger partial charge in [0.1, 0.15) is 42.5 Å². The Balaban J connectivity index is 1.79. The third kappa shape index (κ3) is 4.98. The molecule has 0 amide bonds. The topological polar surface area (TPSA) is 64.7 Å². The van der Waals surface area contributed by atoms with Crippen LogP contribution in [0.25, 0.3) is 0 Å². The fraction of sp³-hybridized carbons (Fsp3) is 0.250. The van der Waals surface area contributed by atoms with Gasteiger partial charge in [-0.05, 0) is 12.1 Å². The lowest BCUT2D eigenvalue weighted by Crippen LogP contribution is -2.43. The van der Waals surface area contributed by atoms with E-state index in [1.165, 1.54) is 0 Å². The first kappa shape index (κ1) is 16.2. The molecule has 0 aromatic heterocycles. The van der Waals surface area contributed by atoms with E-state index in [0.717, 1.165) is 18.2 Å². The summed E-state index contributed by atoms with van der Waals surface area (Å²) >= 11 is 0. The molecule has 0 bridgehead atoms. The molecule has 0 aliphatic carbocycles. The first-order valence-electron chi connectivity index (χ1n) is 6.75. The van der Waals surface area contributed by atoms with Crippen molar-refractivity contribution >= 4 is 0 Å². The third-order valence-corrected chi connectivity index (χ3v) is 2.94. The van der Waals surface area contributed by atoms with Gasteiger partial charge in [0.25, 0.3) is 0 Å². The fourth-order valence-corrected chi connectivity index (χ4v) is 1.74. The number of ether oxygens (including phenoxy) is 2. The second-order valence-electron chi connectivity index (χ2n) is 4.77. The number of halogens is 2. The number of benzene rings is 2. The number of hydrogen-bond donors (Lipinski definition) is 2. The zero-order chi connectivity index (χ0) is 15.9.